The number of H-pyrrole nitrogens is 1. The first-order chi connectivity index (χ1) is 10.1. The second-order valence-electron chi connectivity index (χ2n) is 4.77. The van der Waals surface area contributed by atoms with Gasteiger partial charge in [0.25, 0.3) is 5.91 Å². The number of carbonyl (C=O) groups excluding carboxylic acids is 1. The highest BCUT2D eigenvalue weighted by Gasteiger charge is 2.13. The van der Waals surface area contributed by atoms with Crippen molar-refractivity contribution in [1.82, 2.24) is 25.1 Å². The van der Waals surface area contributed by atoms with Crippen LogP contribution in [0.4, 0.5) is 5.82 Å². The maximum absolute atomic E-state index is 12.0. The molecule has 0 atom stereocenters. The Morgan fingerprint density at radius 1 is 1.43 bits per heavy atom. The number of amides is 1. The van der Waals surface area contributed by atoms with Gasteiger partial charge in [-0.05, 0) is 12.1 Å². The maximum Gasteiger partial charge on any atom is 0.256 e. The van der Waals surface area contributed by atoms with E-state index in [-0.39, 0.29) is 5.91 Å². The average Bonchev–Trinajstić information content (AvgIpc) is 3.03. The second-order valence-corrected chi connectivity index (χ2v) is 4.77. The normalized spacial score (nSPS) is 10.9. The number of fused-ring (bicyclic) bond motifs is 1. The smallest absolute Gasteiger partial charge is 0.256 e. The van der Waals surface area contributed by atoms with Crippen LogP contribution >= 0.6 is 0 Å². The summed E-state index contributed by atoms with van der Waals surface area (Å²) in [5, 5.41) is 6.76. The van der Waals surface area contributed by atoms with E-state index in [1.165, 1.54) is 10.9 Å². The molecule has 0 aliphatic rings. The van der Waals surface area contributed by atoms with E-state index in [0.717, 1.165) is 16.9 Å². The highest BCUT2D eigenvalue weighted by Crippen LogP contribution is 2.11. The van der Waals surface area contributed by atoms with Crippen molar-refractivity contribution in [2.75, 3.05) is 12.3 Å². The second kappa shape index (κ2) is 5.28. The molecule has 0 unspecified atom stereocenters. The molecule has 0 radical (unpaired) electrons. The molecule has 0 fully saturated rings. The van der Waals surface area contributed by atoms with Crippen LogP contribution in [0.1, 0.15) is 16.2 Å². The number of carbonyl (C=O) groups is 1. The fraction of sp³-hybridized carbons (Fsp3) is 0.214. The summed E-state index contributed by atoms with van der Waals surface area (Å²) >= 11 is 0. The number of aromatic nitrogens is 4. The average molecular weight is 284 g/mol. The zero-order valence-electron chi connectivity index (χ0n) is 11.6. The number of anilines is 1. The van der Waals surface area contributed by atoms with E-state index in [1.807, 2.05) is 24.3 Å². The van der Waals surface area contributed by atoms with Gasteiger partial charge in [0.05, 0.1) is 17.2 Å². The Balaban J connectivity index is 1.61. The van der Waals surface area contributed by atoms with Crippen LogP contribution in [0.2, 0.25) is 0 Å². The fourth-order valence-corrected chi connectivity index (χ4v) is 2.14. The zero-order valence-corrected chi connectivity index (χ0v) is 11.6. The number of nitrogens with one attached hydrogen (secondary N) is 2. The minimum Gasteiger partial charge on any atom is -0.383 e. The van der Waals surface area contributed by atoms with Gasteiger partial charge in [0.2, 0.25) is 0 Å². The summed E-state index contributed by atoms with van der Waals surface area (Å²) in [5.41, 5.74) is 8.07. The summed E-state index contributed by atoms with van der Waals surface area (Å²) < 4.78 is 1.47. The van der Waals surface area contributed by atoms with Crippen LogP contribution in [0.5, 0.6) is 0 Å². The number of aromatic amines is 1. The Morgan fingerprint density at radius 2 is 2.24 bits per heavy atom. The number of nitrogen functional groups attached to an aromatic ring is 1. The highest BCUT2D eigenvalue weighted by molar-refractivity contribution is 5.98. The summed E-state index contributed by atoms with van der Waals surface area (Å²) in [6, 6.07) is 7.82. The number of hydrogen-bond acceptors (Lipinski definition) is 4. The molecule has 7 nitrogen and oxygen atoms in total. The molecule has 0 aliphatic carbocycles. The van der Waals surface area contributed by atoms with E-state index < -0.39 is 0 Å². The molecule has 108 valence electrons. The molecule has 0 spiro atoms. The van der Waals surface area contributed by atoms with E-state index in [9.17, 15) is 4.79 Å². The van der Waals surface area contributed by atoms with Gasteiger partial charge in [0.1, 0.15) is 17.2 Å². The first-order valence-electron chi connectivity index (χ1n) is 6.64. The molecule has 3 aromatic rings. The third-order valence-electron chi connectivity index (χ3n) is 3.32. The molecule has 0 saturated carbocycles. The SMILES string of the molecule is Cn1ncc(C(=O)NCCc2nc3ccccc3[nH]2)c1N. The lowest BCUT2D eigenvalue weighted by molar-refractivity contribution is 0.0955. The van der Waals surface area contributed by atoms with Gasteiger partial charge in [0, 0.05) is 20.0 Å². The standard InChI is InChI=1S/C14H16N6O/c1-20-13(15)9(8-17-20)14(21)16-7-6-12-18-10-4-2-3-5-11(10)19-12/h2-5,8H,6-7,15H2,1H3,(H,16,21)(H,18,19). The van der Waals surface area contributed by atoms with Gasteiger partial charge >= 0.3 is 0 Å². The lowest BCUT2D eigenvalue weighted by Crippen LogP contribution is -2.26. The van der Waals surface area contributed by atoms with E-state index in [1.54, 1.807) is 7.05 Å². The summed E-state index contributed by atoms with van der Waals surface area (Å²) in [4.78, 5) is 19.6. The monoisotopic (exact) mass is 284 g/mol. The van der Waals surface area contributed by atoms with Crippen LogP contribution in [0.3, 0.4) is 0 Å². The van der Waals surface area contributed by atoms with Gasteiger partial charge in [-0.15, -0.1) is 0 Å². The molecule has 0 bridgehead atoms. The van der Waals surface area contributed by atoms with Crippen LogP contribution in [0.25, 0.3) is 11.0 Å². The van der Waals surface area contributed by atoms with E-state index >= 15 is 0 Å². The van der Waals surface area contributed by atoms with Gasteiger partial charge in [-0.3, -0.25) is 9.48 Å². The van der Waals surface area contributed by atoms with Crippen LogP contribution in [-0.4, -0.2) is 32.2 Å². The molecule has 1 aromatic carbocycles. The Labute approximate surface area is 121 Å². The summed E-state index contributed by atoms with van der Waals surface area (Å²) in [7, 11) is 1.69. The number of rotatable bonds is 4. The molecule has 4 N–H and O–H groups in total. The largest absolute Gasteiger partial charge is 0.383 e. The van der Waals surface area contributed by atoms with Crippen molar-refractivity contribution >= 4 is 22.8 Å². The molecular formula is C14H16N6O. The van der Waals surface area contributed by atoms with Crippen molar-refractivity contribution in [3.8, 4) is 0 Å². The molecule has 0 aliphatic heterocycles. The van der Waals surface area contributed by atoms with Crippen molar-refractivity contribution in [3.63, 3.8) is 0 Å². The van der Waals surface area contributed by atoms with E-state index in [0.29, 0.717) is 24.3 Å². The zero-order chi connectivity index (χ0) is 14.8. The molecule has 1 amide bonds. The number of aryl methyl sites for hydroxylation is 1. The number of hydrogen-bond donors (Lipinski definition) is 3. The molecule has 2 aromatic heterocycles. The van der Waals surface area contributed by atoms with Gasteiger partial charge in [-0.1, -0.05) is 12.1 Å². The maximum atomic E-state index is 12.0. The van der Waals surface area contributed by atoms with Crippen molar-refractivity contribution in [1.29, 1.82) is 0 Å². The Hall–Kier alpha value is -2.83. The minimum atomic E-state index is -0.225. The highest BCUT2D eigenvalue weighted by atomic mass is 16.1. The molecule has 3 rings (SSSR count). The fourth-order valence-electron chi connectivity index (χ4n) is 2.14. The lowest BCUT2D eigenvalue weighted by atomic mass is 10.3. The molecule has 0 saturated heterocycles. The Morgan fingerprint density at radius 3 is 2.95 bits per heavy atom. The van der Waals surface area contributed by atoms with Crippen LogP contribution in [-0.2, 0) is 13.5 Å². The van der Waals surface area contributed by atoms with Crippen molar-refractivity contribution < 1.29 is 4.79 Å². The summed E-state index contributed by atoms with van der Waals surface area (Å²) in [6.07, 6.45) is 2.09. The van der Waals surface area contributed by atoms with Crippen molar-refractivity contribution in [2.45, 2.75) is 6.42 Å². The first kappa shape index (κ1) is 13.2. The molecular weight excluding hydrogens is 268 g/mol. The van der Waals surface area contributed by atoms with Gasteiger partial charge in [-0.2, -0.15) is 5.10 Å². The number of nitrogens with zero attached hydrogens (tertiary/aromatic N) is 3. The first-order valence-corrected chi connectivity index (χ1v) is 6.64. The lowest BCUT2D eigenvalue weighted by Gasteiger charge is -2.03. The third kappa shape index (κ3) is 2.58. The predicted octanol–water partition coefficient (Wildman–Crippen LogP) is 0.851. The van der Waals surface area contributed by atoms with E-state index in [4.69, 9.17) is 5.73 Å². The molecule has 7 heteroatoms. The topological polar surface area (TPSA) is 102 Å². The number of benzene rings is 1. The van der Waals surface area contributed by atoms with Crippen LogP contribution in [0, 0.1) is 0 Å². The minimum absolute atomic E-state index is 0.225. The molecule has 21 heavy (non-hydrogen) atoms. The Kier molecular flexibility index (Phi) is 3.31. The molecule has 2 heterocycles. The summed E-state index contributed by atoms with van der Waals surface area (Å²) in [6.45, 7) is 0.479. The van der Waals surface area contributed by atoms with E-state index in [2.05, 4.69) is 20.4 Å². The van der Waals surface area contributed by atoms with Crippen LogP contribution in [0.15, 0.2) is 30.5 Å². The van der Waals surface area contributed by atoms with Crippen molar-refractivity contribution in [3.05, 3.63) is 41.9 Å². The van der Waals surface area contributed by atoms with Gasteiger partial charge in [-0.25, -0.2) is 4.98 Å². The predicted molar refractivity (Wildman–Crippen MR) is 79.8 cm³/mol. The van der Waals surface area contributed by atoms with Crippen molar-refractivity contribution in [2.24, 2.45) is 7.05 Å². The Bertz CT molecular complexity index is 755. The number of para-hydroxylation sites is 2. The third-order valence-corrected chi connectivity index (χ3v) is 3.32. The number of imidazole rings is 1. The van der Waals surface area contributed by atoms with Gasteiger partial charge in [0.15, 0.2) is 0 Å². The summed E-state index contributed by atoms with van der Waals surface area (Å²) in [5.74, 6) is 0.976. The van der Waals surface area contributed by atoms with Gasteiger partial charge < -0.3 is 16.0 Å². The quantitative estimate of drug-likeness (QED) is 0.661. The van der Waals surface area contributed by atoms with Crippen LogP contribution < -0.4 is 11.1 Å². The number of nitrogens with two attached hydrogens (primary N) is 1.